The topological polar surface area (TPSA) is 51.4 Å². The van der Waals surface area contributed by atoms with E-state index in [4.69, 9.17) is 9.26 Å². The van der Waals surface area contributed by atoms with Crippen LogP contribution in [0, 0.1) is 0 Å². The molecular formula is C18H16F3N3O2. The lowest BCUT2D eigenvalue weighted by Crippen LogP contribution is -2.08. The van der Waals surface area contributed by atoms with E-state index in [0.29, 0.717) is 5.75 Å². The molecule has 3 aromatic rings. The molecule has 26 heavy (non-hydrogen) atoms. The molecule has 0 atom stereocenters. The standard InChI is InChI=1S/C18H16F3N3O2/c1-24(2)12-6-5-7-13(10-12)25-11-16-22-17(26-23-16)14-8-3-4-9-15(14)18(19,20)21/h3-10H,11H2,1-2H3. The van der Waals surface area contributed by atoms with Gasteiger partial charge in [-0.1, -0.05) is 23.4 Å². The summed E-state index contributed by atoms with van der Waals surface area (Å²) in [5.74, 6) is 0.559. The molecule has 1 aromatic heterocycles. The van der Waals surface area contributed by atoms with E-state index < -0.39 is 11.7 Å². The maximum atomic E-state index is 13.1. The molecule has 0 aliphatic rings. The van der Waals surface area contributed by atoms with Gasteiger partial charge in [-0.05, 0) is 24.3 Å². The molecule has 0 spiro atoms. The molecular weight excluding hydrogens is 347 g/mol. The zero-order chi connectivity index (χ0) is 18.7. The number of rotatable bonds is 5. The zero-order valence-corrected chi connectivity index (χ0v) is 14.1. The monoisotopic (exact) mass is 363 g/mol. The summed E-state index contributed by atoms with van der Waals surface area (Å²) in [6, 6.07) is 12.4. The van der Waals surface area contributed by atoms with E-state index in [2.05, 4.69) is 10.1 Å². The van der Waals surface area contributed by atoms with E-state index in [1.165, 1.54) is 18.2 Å². The molecule has 2 aromatic carbocycles. The number of benzene rings is 2. The van der Waals surface area contributed by atoms with Crippen LogP contribution in [0.15, 0.2) is 53.1 Å². The predicted octanol–water partition coefficient (Wildman–Crippen LogP) is 4.40. The van der Waals surface area contributed by atoms with Crippen molar-refractivity contribution in [2.75, 3.05) is 19.0 Å². The number of hydrogen-bond acceptors (Lipinski definition) is 5. The molecule has 0 N–H and O–H groups in total. The Morgan fingerprint density at radius 3 is 2.58 bits per heavy atom. The summed E-state index contributed by atoms with van der Waals surface area (Å²) in [5, 5.41) is 3.70. The first-order chi connectivity index (χ1) is 12.3. The van der Waals surface area contributed by atoms with Gasteiger partial charge in [0.25, 0.3) is 5.89 Å². The van der Waals surface area contributed by atoms with Crippen molar-refractivity contribution in [1.82, 2.24) is 10.1 Å². The number of hydrogen-bond donors (Lipinski definition) is 0. The summed E-state index contributed by atoms with van der Waals surface area (Å²) in [4.78, 5) is 5.94. The van der Waals surface area contributed by atoms with Crippen LogP contribution >= 0.6 is 0 Å². The molecule has 0 aliphatic carbocycles. The molecule has 1 heterocycles. The molecule has 0 amide bonds. The lowest BCUT2D eigenvalue weighted by Gasteiger charge is -2.13. The fraction of sp³-hybridized carbons (Fsp3) is 0.222. The lowest BCUT2D eigenvalue weighted by atomic mass is 10.1. The summed E-state index contributed by atoms with van der Waals surface area (Å²) in [6.45, 7) is -0.0193. The van der Waals surface area contributed by atoms with Gasteiger partial charge in [0.15, 0.2) is 6.61 Å². The van der Waals surface area contributed by atoms with Crippen molar-refractivity contribution >= 4 is 5.69 Å². The number of nitrogens with zero attached hydrogens (tertiary/aromatic N) is 3. The van der Waals surface area contributed by atoms with E-state index in [9.17, 15) is 13.2 Å². The Morgan fingerprint density at radius 2 is 1.85 bits per heavy atom. The summed E-state index contributed by atoms with van der Waals surface area (Å²) in [7, 11) is 3.81. The molecule has 0 unspecified atom stereocenters. The minimum atomic E-state index is -4.51. The first-order valence-corrected chi connectivity index (χ1v) is 7.74. The third-order valence-corrected chi connectivity index (χ3v) is 3.63. The molecule has 136 valence electrons. The Labute approximate surface area is 148 Å². The van der Waals surface area contributed by atoms with Crippen LogP contribution in [0.5, 0.6) is 5.75 Å². The predicted molar refractivity (Wildman–Crippen MR) is 89.8 cm³/mol. The van der Waals surface area contributed by atoms with E-state index in [1.807, 2.05) is 37.2 Å². The van der Waals surface area contributed by atoms with Crippen LogP contribution in [0.4, 0.5) is 18.9 Å². The Balaban J connectivity index is 1.76. The van der Waals surface area contributed by atoms with Crippen molar-refractivity contribution in [1.29, 1.82) is 0 Å². The third-order valence-electron chi connectivity index (χ3n) is 3.63. The first kappa shape index (κ1) is 17.8. The zero-order valence-electron chi connectivity index (χ0n) is 14.1. The van der Waals surface area contributed by atoms with Gasteiger partial charge in [-0.15, -0.1) is 0 Å². The number of alkyl halides is 3. The third kappa shape index (κ3) is 3.96. The number of anilines is 1. The number of ether oxygens (including phenoxy) is 1. The summed E-state index contributed by atoms with van der Waals surface area (Å²) in [6.07, 6.45) is -4.51. The van der Waals surface area contributed by atoms with Crippen LogP contribution < -0.4 is 9.64 Å². The molecule has 3 rings (SSSR count). The quantitative estimate of drug-likeness (QED) is 0.672. The second-order valence-corrected chi connectivity index (χ2v) is 5.74. The van der Waals surface area contributed by atoms with Crippen LogP contribution in [0.2, 0.25) is 0 Å². The SMILES string of the molecule is CN(C)c1cccc(OCc2noc(-c3ccccc3C(F)(F)F)n2)c1. The largest absolute Gasteiger partial charge is 0.485 e. The average molecular weight is 363 g/mol. The van der Waals surface area contributed by atoms with Crippen LogP contribution in [0.1, 0.15) is 11.4 Å². The Kier molecular flexibility index (Phi) is 4.83. The highest BCUT2D eigenvalue weighted by atomic mass is 19.4. The van der Waals surface area contributed by atoms with Gasteiger partial charge in [0, 0.05) is 25.8 Å². The first-order valence-electron chi connectivity index (χ1n) is 7.74. The summed E-state index contributed by atoms with van der Waals surface area (Å²) < 4.78 is 49.9. The van der Waals surface area contributed by atoms with Crippen molar-refractivity contribution in [3.63, 3.8) is 0 Å². The van der Waals surface area contributed by atoms with E-state index >= 15 is 0 Å². The lowest BCUT2D eigenvalue weighted by molar-refractivity contribution is -0.137. The number of aromatic nitrogens is 2. The highest BCUT2D eigenvalue weighted by Crippen LogP contribution is 2.36. The van der Waals surface area contributed by atoms with Crippen LogP contribution in [-0.4, -0.2) is 24.2 Å². The van der Waals surface area contributed by atoms with Crippen molar-refractivity contribution < 1.29 is 22.4 Å². The molecule has 0 saturated carbocycles. The second kappa shape index (κ2) is 7.07. The van der Waals surface area contributed by atoms with Crippen molar-refractivity contribution in [3.8, 4) is 17.2 Å². The van der Waals surface area contributed by atoms with Gasteiger partial charge >= 0.3 is 6.18 Å². The molecule has 0 aliphatic heterocycles. The van der Waals surface area contributed by atoms with E-state index in [-0.39, 0.29) is 23.9 Å². The Morgan fingerprint density at radius 1 is 1.08 bits per heavy atom. The molecule has 0 fully saturated rings. The van der Waals surface area contributed by atoms with Gasteiger partial charge < -0.3 is 14.2 Å². The Hall–Kier alpha value is -3.03. The van der Waals surface area contributed by atoms with Gasteiger partial charge in [0.1, 0.15) is 5.75 Å². The van der Waals surface area contributed by atoms with Crippen LogP contribution in [0.3, 0.4) is 0 Å². The smallest absolute Gasteiger partial charge is 0.417 e. The maximum absolute atomic E-state index is 13.1. The summed E-state index contributed by atoms with van der Waals surface area (Å²) >= 11 is 0. The average Bonchev–Trinajstić information content (AvgIpc) is 3.08. The minimum absolute atomic E-state index is 0.0193. The van der Waals surface area contributed by atoms with Gasteiger partial charge in [-0.3, -0.25) is 0 Å². The minimum Gasteiger partial charge on any atom is -0.485 e. The van der Waals surface area contributed by atoms with Gasteiger partial charge in [0.2, 0.25) is 5.82 Å². The van der Waals surface area contributed by atoms with E-state index in [1.54, 1.807) is 6.07 Å². The highest BCUT2D eigenvalue weighted by molar-refractivity contribution is 5.59. The van der Waals surface area contributed by atoms with E-state index in [0.717, 1.165) is 11.8 Å². The maximum Gasteiger partial charge on any atom is 0.417 e. The Bertz CT molecular complexity index is 891. The number of halogens is 3. The molecule has 0 bridgehead atoms. The van der Waals surface area contributed by atoms with Crippen molar-refractivity contribution in [2.24, 2.45) is 0 Å². The summed E-state index contributed by atoms with van der Waals surface area (Å²) in [5.41, 5.74) is -0.0291. The fourth-order valence-electron chi connectivity index (χ4n) is 2.34. The molecule has 0 saturated heterocycles. The highest BCUT2D eigenvalue weighted by Gasteiger charge is 2.34. The molecule has 5 nitrogen and oxygen atoms in total. The van der Waals surface area contributed by atoms with Crippen LogP contribution in [0.25, 0.3) is 11.5 Å². The van der Waals surface area contributed by atoms with Crippen molar-refractivity contribution in [2.45, 2.75) is 12.8 Å². The van der Waals surface area contributed by atoms with Gasteiger partial charge in [0.05, 0.1) is 11.1 Å². The fourth-order valence-corrected chi connectivity index (χ4v) is 2.34. The van der Waals surface area contributed by atoms with Crippen LogP contribution in [-0.2, 0) is 12.8 Å². The van der Waals surface area contributed by atoms with Gasteiger partial charge in [-0.2, -0.15) is 18.2 Å². The van der Waals surface area contributed by atoms with Gasteiger partial charge in [-0.25, -0.2) is 0 Å². The molecule has 0 radical (unpaired) electrons. The molecule has 8 heteroatoms. The second-order valence-electron chi connectivity index (χ2n) is 5.74. The van der Waals surface area contributed by atoms with Crippen molar-refractivity contribution in [3.05, 3.63) is 59.9 Å². The normalized spacial score (nSPS) is 11.4.